The Kier molecular flexibility index (Phi) is 7.69. The zero-order valence-corrected chi connectivity index (χ0v) is 16.7. The number of likely N-dealkylation sites (tertiary alicyclic amines) is 1. The predicted octanol–water partition coefficient (Wildman–Crippen LogP) is 4.87. The first kappa shape index (κ1) is 19.6. The molecule has 0 atom stereocenters. The van der Waals surface area contributed by atoms with Crippen LogP contribution in [0, 0.1) is 5.41 Å². The van der Waals surface area contributed by atoms with Gasteiger partial charge in [-0.25, -0.2) is 0 Å². The largest absolute Gasteiger partial charge is 0.316 e. The van der Waals surface area contributed by atoms with E-state index in [1.165, 1.54) is 70.3 Å². The SMILES string of the molecule is CC1(CC2=CC=CCC2)CCN(CCCNCCC2=NC=CCC2)CC1. The lowest BCUT2D eigenvalue weighted by atomic mass is 9.74. The first-order valence-corrected chi connectivity index (χ1v) is 10.7. The van der Waals surface area contributed by atoms with Gasteiger partial charge in [0.1, 0.15) is 0 Å². The number of nitrogens with zero attached hydrogens (tertiary/aromatic N) is 2. The molecule has 26 heavy (non-hydrogen) atoms. The van der Waals surface area contributed by atoms with Crippen LogP contribution in [0.5, 0.6) is 0 Å². The molecule has 0 radical (unpaired) electrons. The van der Waals surface area contributed by atoms with Crippen LogP contribution in [0.4, 0.5) is 0 Å². The standard InChI is InChI=1S/C23H37N3/c1-23(20-21-8-3-2-4-9-21)12-18-26(19-13-23)17-7-14-24-16-11-22-10-5-6-15-25-22/h2-3,6,8,15,24H,4-5,7,9-14,16-20H2,1H3. The van der Waals surface area contributed by atoms with Crippen LogP contribution in [0.15, 0.2) is 41.1 Å². The minimum Gasteiger partial charge on any atom is -0.316 e. The van der Waals surface area contributed by atoms with Crippen molar-refractivity contribution in [1.82, 2.24) is 10.2 Å². The van der Waals surface area contributed by atoms with E-state index in [-0.39, 0.29) is 0 Å². The number of hydrogen-bond acceptors (Lipinski definition) is 3. The lowest BCUT2D eigenvalue weighted by molar-refractivity contribution is 0.116. The molecule has 0 amide bonds. The van der Waals surface area contributed by atoms with Gasteiger partial charge in [0, 0.05) is 18.5 Å². The number of allylic oxidation sites excluding steroid dienone is 5. The first-order valence-electron chi connectivity index (χ1n) is 10.7. The van der Waals surface area contributed by atoms with Gasteiger partial charge < -0.3 is 10.2 Å². The highest BCUT2D eigenvalue weighted by molar-refractivity contribution is 5.85. The van der Waals surface area contributed by atoms with Crippen molar-refractivity contribution in [2.45, 2.75) is 64.7 Å². The van der Waals surface area contributed by atoms with Crippen molar-refractivity contribution in [1.29, 1.82) is 0 Å². The topological polar surface area (TPSA) is 27.6 Å². The molecule has 1 fully saturated rings. The average Bonchev–Trinajstić information content (AvgIpc) is 2.67. The van der Waals surface area contributed by atoms with Crippen molar-refractivity contribution in [2.75, 3.05) is 32.7 Å². The summed E-state index contributed by atoms with van der Waals surface area (Å²) in [7, 11) is 0. The number of nitrogens with one attached hydrogen (secondary N) is 1. The van der Waals surface area contributed by atoms with E-state index in [1.54, 1.807) is 5.57 Å². The fourth-order valence-corrected chi connectivity index (χ4v) is 4.36. The molecule has 0 aromatic carbocycles. The molecule has 0 unspecified atom stereocenters. The Morgan fingerprint density at radius 1 is 1.12 bits per heavy atom. The molecule has 1 N–H and O–H groups in total. The molecule has 3 aliphatic rings. The van der Waals surface area contributed by atoms with Gasteiger partial charge in [-0.1, -0.05) is 36.8 Å². The molecular weight excluding hydrogens is 318 g/mol. The van der Waals surface area contributed by atoms with Crippen molar-refractivity contribution in [3.8, 4) is 0 Å². The monoisotopic (exact) mass is 355 g/mol. The maximum atomic E-state index is 4.46. The van der Waals surface area contributed by atoms with Gasteiger partial charge in [-0.2, -0.15) is 0 Å². The van der Waals surface area contributed by atoms with Crippen LogP contribution in [-0.4, -0.2) is 43.3 Å². The second-order valence-corrected chi connectivity index (χ2v) is 8.59. The predicted molar refractivity (Wildman–Crippen MR) is 113 cm³/mol. The van der Waals surface area contributed by atoms with Crippen molar-refractivity contribution in [3.63, 3.8) is 0 Å². The summed E-state index contributed by atoms with van der Waals surface area (Å²) in [5.74, 6) is 0. The Hall–Kier alpha value is -1.19. The molecule has 2 aliphatic heterocycles. The van der Waals surface area contributed by atoms with E-state index in [9.17, 15) is 0 Å². The van der Waals surface area contributed by atoms with Crippen molar-refractivity contribution < 1.29 is 0 Å². The molecule has 0 saturated carbocycles. The molecule has 3 heteroatoms. The smallest absolute Gasteiger partial charge is 0.0227 e. The highest BCUT2D eigenvalue weighted by Crippen LogP contribution is 2.38. The van der Waals surface area contributed by atoms with Crippen molar-refractivity contribution >= 4 is 5.71 Å². The maximum absolute atomic E-state index is 4.46. The van der Waals surface area contributed by atoms with Gasteiger partial charge in [-0.05, 0) is 89.4 Å². The second kappa shape index (κ2) is 10.2. The van der Waals surface area contributed by atoms with E-state index >= 15 is 0 Å². The molecule has 0 bridgehead atoms. The van der Waals surface area contributed by atoms with Gasteiger partial charge in [0.25, 0.3) is 0 Å². The number of rotatable bonds is 9. The summed E-state index contributed by atoms with van der Waals surface area (Å²) in [4.78, 5) is 7.13. The van der Waals surface area contributed by atoms with Gasteiger partial charge in [-0.3, -0.25) is 4.99 Å². The van der Waals surface area contributed by atoms with Gasteiger partial charge in [0.2, 0.25) is 0 Å². The lowest BCUT2D eigenvalue weighted by Gasteiger charge is -2.40. The summed E-state index contributed by atoms with van der Waals surface area (Å²) in [5, 5.41) is 3.60. The molecule has 0 aromatic rings. The van der Waals surface area contributed by atoms with Gasteiger partial charge >= 0.3 is 0 Å². The summed E-state index contributed by atoms with van der Waals surface area (Å²) in [6.07, 6.45) is 22.3. The normalized spacial score (nSPS) is 23.0. The quantitative estimate of drug-likeness (QED) is 0.597. The summed E-state index contributed by atoms with van der Waals surface area (Å²) in [6, 6.07) is 0. The lowest BCUT2D eigenvalue weighted by Crippen LogP contribution is -2.40. The van der Waals surface area contributed by atoms with Crippen LogP contribution in [0.3, 0.4) is 0 Å². The zero-order chi connectivity index (χ0) is 18.1. The van der Waals surface area contributed by atoms with Crippen LogP contribution in [0.25, 0.3) is 0 Å². The van der Waals surface area contributed by atoms with E-state index in [2.05, 4.69) is 46.4 Å². The Balaban J connectivity index is 1.24. The fourth-order valence-electron chi connectivity index (χ4n) is 4.36. The van der Waals surface area contributed by atoms with E-state index in [4.69, 9.17) is 0 Å². The molecule has 1 saturated heterocycles. The third-order valence-electron chi connectivity index (χ3n) is 6.20. The van der Waals surface area contributed by atoms with Crippen LogP contribution < -0.4 is 5.32 Å². The van der Waals surface area contributed by atoms with Gasteiger partial charge in [0.05, 0.1) is 0 Å². The van der Waals surface area contributed by atoms with E-state index in [1.807, 2.05) is 6.20 Å². The first-order chi connectivity index (χ1) is 12.7. The zero-order valence-electron chi connectivity index (χ0n) is 16.7. The van der Waals surface area contributed by atoms with Crippen molar-refractivity contribution in [3.05, 3.63) is 36.1 Å². The average molecular weight is 356 g/mol. The van der Waals surface area contributed by atoms with E-state index in [0.29, 0.717) is 5.41 Å². The highest BCUT2D eigenvalue weighted by Gasteiger charge is 2.30. The van der Waals surface area contributed by atoms with Gasteiger partial charge in [0.15, 0.2) is 0 Å². The Morgan fingerprint density at radius 3 is 2.69 bits per heavy atom. The molecule has 1 aliphatic carbocycles. The molecule has 3 nitrogen and oxygen atoms in total. The number of aliphatic imine (C=N–C) groups is 1. The Labute approximate surface area is 160 Å². The number of hydrogen-bond donors (Lipinski definition) is 1. The Bertz CT molecular complexity index is 548. The molecule has 2 heterocycles. The molecule has 3 rings (SSSR count). The summed E-state index contributed by atoms with van der Waals surface area (Å²) in [5.41, 5.74) is 3.56. The maximum Gasteiger partial charge on any atom is 0.0227 e. The third-order valence-corrected chi connectivity index (χ3v) is 6.20. The van der Waals surface area contributed by atoms with Crippen LogP contribution >= 0.6 is 0 Å². The summed E-state index contributed by atoms with van der Waals surface area (Å²) in [6.45, 7) is 8.53. The molecule has 0 aromatic heterocycles. The van der Waals surface area contributed by atoms with Gasteiger partial charge in [-0.15, -0.1) is 0 Å². The highest BCUT2D eigenvalue weighted by atomic mass is 15.1. The molecular formula is C23H37N3. The van der Waals surface area contributed by atoms with Crippen LogP contribution in [0.2, 0.25) is 0 Å². The summed E-state index contributed by atoms with van der Waals surface area (Å²) >= 11 is 0. The van der Waals surface area contributed by atoms with Crippen molar-refractivity contribution in [2.24, 2.45) is 10.4 Å². The van der Waals surface area contributed by atoms with E-state index < -0.39 is 0 Å². The summed E-state index contributed by atoms with van der Waals surface area (Å²) < 4.78 is 0. The second-order valence-electron chi connectivity index (χ2n) is 8.59. The minimum absolute atomic E-state index is 0.529. The van der Waals surface area contributed by atoms with E-state index in [0.717, 1.165) is 25.9 Å². The minimum atomic E-state index is 0.529. The van der Waals surface area contributed by atoms with Crippen LogP contribution in [0.1, 0.15) is 64.7 Å². The molecule has 0 spiro atoms. The third kappa shape index (κ3) is 6.51. The molecule has 144 valence electrons. The Morgan fingerprint density at radius 2 is 1.96 bits per heavy atom. The fraction of sp³-hybridized carbons (Fsp3) is 0.696. The number of piperidine rings is 1. The van der Waals surface area contributed by atoms with Crippen LogP contribution in [-0.2, 0) is 0 Å².